The largest absolute Gasteiger partial charge is 0.272 e. The number of rotatable bonds is 2. The molecule has 142 valence electrons. The molecule has 0 aliphatic heterocycles. The van der Waals surface area contributed by atoms with E-state index < -0.39 is 0 Å². The van der Waals surface area contributed by atoms with Crippen molar-refractivity contribution in [1.29, 1.82) is 0 Å². The molecule has 6 heteroatoms. The van der Waals surface area contributed by atoms with Gasteiger partial charge >= 0.3 is 0 Å². The van der Waals surface area contributed by atoms with E-state index in [9.17, 15) is 9.59 Å². The molecule has 0 unspecified atom stereocenters. The minimum atomic E-state index is -0.358. The highest BCUT2D eigenvalue weighted by Crippen LogP contribution is 2.21. The molecule has 0 aliphatic carbocycles. The van der Waals surface area contributed by atoms with E-state index in [1.807, 2.05) is 48.5 Å². The number of hydrogen-bond donors (Lipinski definition) is 0. The van der Waals surface area contributed by atoms with Crippen molar-refractivity contribution in [3.05, 3.63) is 106 Å². The highest BCUT2D eigenvalue weighted by Gasteiger charge is 2.07. The zero-order chi connectivity index (χ0) is 20.5. The fourth-order valence-corrected chi connectivity index (χ4v) is 3.27. The maximum atomic E-state index is 12.2. The Labute approximate surface area is 170 Å². The molecule has 0 amide bonds. The summed E-state index contributed by atoms with van der Waals surface area (Å²) < 4.78 is 0. The molecule has 0 bridgehead atoms. The number of aromatic nitrogens is 4. The molecule has 0 N–H and O–H groups in total. The minimum Gasteiger partial charge on any atom is -0.267 e. The molecule has 2 heterocycles. The van der Waals surface area contributed by atoms with Gasteiger partial charge < -0.3 is 0 Å². The number of fused-ring (bicyclic) bond motifs is 2. The molecule has 0 fully saturated rings. The van der Waals surface area contributed by atoms with Gasteiger partial charge in [-0.15, -0.1) is 0 Å². The second-order valence-electron chi connectivity index (χ2n) is 6.75. The summed E-state index contributed by atoms with van der Waals surface area (Å²) in [7, 11) is 0. The molecule has 5 rings (SSSR count). The second-order valence-corrected chi connectivity index (χ2v) is 6.75. The molecule has 0 radical (unpaired) electrons. The number of hydrogen-bond acceptors (Lipinski definition) is 6. The predicted octanol–water partition coefficient (Wildman–Crippen LogP) is 3.63. The fourth-order valence-electron chi connectivity index (χ4n) is 3.27. The van der Waals surface area contributed by atoms with Gasteiger partial charge in [-0.1, -0.05) is 60.7 Å². The van der Waals surface area contributed by atoms with Gasteiger partial charge in [-0.3, -0.25) is 9.59 Å². The van der Waals surface area contributed by atoms with E-state index in [0.29, 0.717) is 33.8 Å². The van der Waals surface area contributed by atoms with Gasteiger partial charge in [0.25, 0.3) is 11.1 Å². The van der Waals surface area contributed by atoms with Crippen LogP contribution in [0.1, 0.15) is 0 Å². The molecule has 6 nitrogen and oxygen atoms in total. The molecule has 0 saturated heterocycles. The van der Waals surface area contributed by atoms with Crippen LogP contribution in [-0.4, -0.2) is 19.9 Å². The second kappa shape index (κ2) is 7.25. The van der Waals surface area contributed by atoms with Gasteiger partial charge in [-0.05, 0) is 12.1 Å². The van der Waals surface area contributed by atoms with Crippen molar-refractivity contribution in [3.63, 3.8) is 0 Å². The molecule has 2 aromatic heterocycles. The van der Waals surface area contributed by atoms with E-state index in [1.165, 1.54) is 12.1 Å². The third-order valence-corrected chi connectivity index (χ3v) is 4.72. The van der Waals surface area contributed by atoms with E-state index in [2.05, 4.69) is 19.9 Å². The van der Waals surface area contributed by atoms with Crippen LogP contribution in [0.15, 0.2) is 94.5 Å². The zero-order valence-corrected chi connectivity index (χ0v) is 15.7. The number of nitrogens with zero attached hydrogens (tertiary/aromatic N) is 4. The van der Waals surface area contributed by atoms with Crippen LogP contribution in [-0.2, 0) is 0 Å². The van der Waals surface area contributed by atoms with Crippen molar-refractivity contribution < 1.29 is 0 Å². The average molecular weight is 390 g/mol. The lowest BCUT2D eigenvalue weighted by molar-refractivity contribution is 1.19. The van der Waals surface area contributed by atoms with Gasteiger partial charge in [0.15, 0.2) is 11.6 Å². The summed E-state index contributed by atoms with van der Waals surface area (Å²) in [5, 5.41) is 1.47. The van der Waals surface area contributed by atoms with E-state index >= 15 is 0 Å². The highest BCUT2D eigenvalue weighted by molar-refractivity contribution is 5.80. The summed E-state index contributed by atoms with van der Waals surface area (Å²) in [6.07, 6.45) is 0. The van der Waals surface area contributed by atoms with Crippen molar-refractivity contribution in [1.82, 2.24) is 19.9 Å². The van der Waals surface area contributed by atoms with Crippen molar-refractivity contribution in [2.24, 2.45) is 0 Å². The normalized spacial score (nSPS) is 10.9. The lowest BCUT2D eigenvalue weighted by atomic mass is 10.1. The monoisotopic (exact) mass is 390 g/mol. The summed E-state index contributed by atoms with van der Waals surface area (Å²) in [6.45, 7) is 0. The van der Waals surface area contributed by atoms with Gasteiger partial charge in [0.2, 0.25) is 0 Å². The minimum absolute atomic E-state index is 0.335. The van der Waals surface area contributed by atoms with E-state index in [4.69, 9.17) is 0 Å². The Morgan fingerprint density at radius 2 is 0.867 bits per heavy atom. The first-order valence-corrected chi connectivity index (χ1v) is 9.33. The van der Waals surface area contributed by atoms with Crippen molar-refractivity contribution in [3.8, 4) is 22.8 Å². The van der Waals surface area contributed by atoms with Crippen molar-refractivity contribution in [2.45, 2.75) is 0 Å². The molecule has 5 aromatic rings. The van der Waals surface area contributed by atoms with Gasteiger partial charge in [-0.25, -0.2) is 9.97 Å². The van der Waals surface area contributed by atoms with Crippen LogP contribution in [0.4, 0.5) is 0 Å². The molecule has 3 aromatic carbocycles. The van der Waals surface area contributed by atoms with Crippen molar-refractivity contribution in [2.75, 3.05) is 0 Å². The first-order chi connectivity index (χ1) is 14.7. The molecule has 0 saturated carbocycles. The van der Waals surface area contributed by atoms with Crippen LogP contribution in [0, 0.1) is 0 Å². The van der Waals surface area contributed by atoms with E-state index in [-0.39, 0.29) is 11.1 Å². The first kappa shape index (κ1) is 17.8. The van der Waals surface area contributed by atoms with Crippen molar-refractivity contribution >= 4 is 21.8 Å². The summed E-state index contributed by atoms with van der Waals surface area (Å²) in [6, 6.07) is 24.9. The third-order valence-electron chi connectivity index (χ3n) is 4.72. The van der Waals surface area contributed by atoms with Gasteiger partial charge in [-0.2, -0.15) is 9.97 Å². The Balaban J connectivity index is 1.62. The third kappa shape index (κ3) is 3.42. The van der Waals surface area contributed by atoms with Crippen LogP contribution in [0.2, 0.25) is 0 Å². The Bertz CT molecular complexity index is 1420. The van der Waals surface area contributed by atoms with Crippen LogP contribution in [0.5, 0.6) is 0 Å². The summed E-state index contributed by atoms with van der Waals surface area (Å²) >= 11 is 0. The number of benzene rings is 3. The standard InChI is InChI=1S/C24H14N4O2/c29-21-13-17-5-1-3-7-19(17)25-23(27-21)15-9-11-16(12-10-15)24-26-20-8-4-2-6-18(20)14-22(30)28-24/h1-14H. The molecule has 0 atom stereocenters. The van der Waals surface area contributed by atoms with Gasteiger partial charge in [0.1, 0.15) is 0 Å². The highest BCUT2D eigenvalue weighted by atomic mass is 16.1. The Morgan fingerprint density at radius 3 is 1.30 bits per heavy atom. The SMILES string of the molecule is O=c1cc2ccccc2nc(-c2ccc(-c3nc(=O)cc4ccccc4n3)cc2)n1. The maximum Gasteiger partial charge on any atom is 0.272 e. The van der Waals surface area contributed by atoms with E-state index in [1.54, 1.807) is 24.3 Å². The lowest BCUT2D eigenvalue weighted by Gasteiger charge is -2.01. The molecule has 30 heavy (non-hydrogen) atoms. The topological polar surface area (TPSA) is 85.7 Å². The first-order valence-electron chi connectivity index (χ1n) is 9.33. The lowest BCUT2D eigenvalue weighted by Crippen LogP contribution is -2.02. The van der Waals surface area contributed by atoms with Crippen LogP contribution < -0.4 is 11.1 Å². The quantitative estimate of drug-likeness (QED) is 0.458. The Morgan fingerprint density at radius 1 is 0.467 bits per heavy atom. The fraction of sp³-hybridized carbons (Fsp3) is 0. The van der Waals surface area contributed by atoms with Gasteiger partial charge in [0, 0.05) is 34.0 Å². The average Bonchev–Trinajstić information content (AvgIpc) is 3.03. The van der Waals surface area contributed by atoms with Crippen LogP contribution in [0.25, 0.3) is 44.6 Å². The molecule has 0 aliphatic rings. The Hall–Kier alpha value is -4.32. The van der Waals surface area contributed by atoms with Crippen LogP contribution >= 0.6 is 0 Å². The number of para-hydroxylation sites is 2. The molecular weight excluding hydrogens is 376 g/mol. The summed E-state index contributed by atoms with van der Waals surface area (Å²) in [5.41, 5.74) is 2.03. The maximum absolute atomic E-state index is 12.2. The van der Waals surface area contributed by atoms with Crippen LogP contribution in [0.3, 0.4) is 0 Å². The predicted molar refractivity (Wildman–Crippen MR) is 116 cm³/mol. The molecular formula is C24H14N4O2. The summed E-state index contributed by atoms with van der Waals surface area (Å²) in [4.78, 5) is 41.6. The van der Waals surface area contributed by atoms with Gasteiger partial charge in [0.05, 0.1) is 11.0 Å². The molecule has 0 spiro atoms. The Kier molecular flexibility index (Phi) is 4.29. The smallest absolute Gasteiger partial charge is 0.267 e. The summed E-state index contributed by atoms with van der Waals surface area (Å²) in [5.74, 6) is 0.671. The zero-order valence-electron chi connectivity index (χ0n) is 15.7. The van der Waals surface area contributed by atoms with E-state index in [0.717, 1.165) is 10.8 Å².